The third kappa shape index (κ3) is 1.40. The predicted octanol–water partition coefficient (Wildman–Crippen LogP) is 2.44. The fourth-order valence-electron chi connectivity index (χ4n) is 6.17. The van der Waals surface area contributed by atoms with E-state index in [1.165, 1.54) is 0 Å². The molecule has 3 heteroatoms. The molecule has 0 N–H and O–H groups in total. The molecule has 0 aromatic rings. The number of hydrogen-bond acceptors (Lipinski definition) is 3. The van der Waals surface area contributed by atoms with Crippen LogP contribution in [0.3, 0.4) is 0 Å². The molecule has 3 nitrogen and oxygen atoms in total. The largest absolute Gasteiger partial charge is 0.302 e. The number of Topliss-reactive ketones (excluding diaryl/α,β-unsaturated/α-hetero) is 2. The molecule has 20 heavy (non-hydrogen) atoms. The van der Waals surface area contributed by atoms with Gasteiger partial charge in [-0.2, -0.15) is 0 Å². The van der Waals surface area contributed by atoms with Gasteiger partial charge in [0, 0.05) is 24.8 Å². The van der Waals surface area contributed by atoms with Gasteiger partial charge in [-0.25, -0.2) is 0 Å². The predicted molar refractivity (Wildman–Crippen MR) is 76.3 cm³/mol. The quantitative estimate of drug-likeness (QED) is 0.681. The maximum atomic E-state index is 13.1. The van der Waals surface area contributed by atoms with Crippen LogP contribution in [0.4, 0.5) is 0 Å². The Morgan fingerprint density at radius 3 is 2.60 bits per heavy atom. The lowest BCUT2D eigenvalue weighted by Gasteiger charge is -2.51. The van der Waals surface area contributed by atoms with Gasteiger partial charge in [-0.1, -0.05) is 6.92 Å². The van der Waals surface area contributed by atoms with Gasteiger partial charge >= 0.3 is 0 Å². The van der Waals surface area contributed by atoms with Gasteiger partial charge in [0.05, 0.1) is 5.41 Å². The van der Waals surface area contributed by atoms with Crippen LogP contribution in [0.15, 0.2) is 0 Å². The standard InChI is InChI=1S/C17H25NO2/c1-12-8-13-10-14(19)16-4-2-6-18(11-16)7-3-5-17(13,16)15(20)9-12/h12-13H,2-11H2,1H3/t12-,13-,16+,17+/m1/s1. The van der Waals surface area contributed by atoms with E-state index in [2.05, 4.69) is 11.8 Å². The molecule has 0 aromatic heterocycles. The molecular formula is C17H25NO2. The maximum absolute atomic E-state index is 13.1. The number of carbonyl (C=O) groups excluding carboxylic acids is 2. The molecule has 4 aliphatic rings. The molecule has 4 fully saturated rings. The van der Waals surface area contributed by atoms with E-state index in [0.717, 1.165) is 51.7 Å². The van der Waals surface area contributed by atoms with Crippen molar-refractivity contribution in [3.8, 4) is 0 Å². The molecule has 0 aromatic carbocycles. The molecule has 2 saturated carbocycles. The van der Waals surface area contributed by atoms with Crippen molar-refractivity contribution in [1.82, 2.24) is 4.90 Å². The van der Waals surface area contributed by atoms with Crippen LogP contribution in [0, 0.1) is 22.7 Å². The monoisotopic (exact) mass is 275 g/mol. The average Bonchev–Trinajstić information content (AvgIpc) is 2.55. The summed E-state index contributed by atoms with van der Waals surface area (Å²) in [5.74, 6) is 1.70. The van der Waals surface area contributed by atoms with Crippen molar-refractivity contribution in [2.24, 2.45) is 22.7 Å². The van der Waals surface area contributed by atoms with Crippen molar-refractivity contribution < 1.29 is 9.59 Å². The van der Waals surface area contributed by atoms with E-state index in [1.54, 1.807) is 0 Å². The summed E-state index contributed by atoms with van der Waals surface area (Å²) in [5, 5.41) is 0. The lowest BCUT2D eigenvalue weighted by molar-refractivity contribution is -0.153. The third-order valence-corrected chi connectivity index (χ3v) is 6.85. The molecule has 2 aliphatic carbocycles. The van der Waals surface area contributed by atoms with E-state index < -0.39 is 0 Å². The van der Waals surface area contributed by atoms with Gasteiger partial charge in [-0.15, -0.1) is 0 Å². The van der Waals surface area contributed by atoms with E-state index in [-0.39, 0.29) is 10.8 Å². The van der Waals surface area contributed by atoms with Crippen molar-refractivity contribution >= 4 is 11.6 Å². The third-order valence-electron chi connectivity index (χ3n) is 6.85. The molecule has 5 atom stereocenters. The molecule has 2 bridgehead atoms. The summed E-state index contributed by atoms with van der Waals surface area (Å²) in [6.07, 6.45) is 6.65. The highest BCUT2D eigenvalue weighted by Gasteiger charge is 2.69. The van der Waals surface area contributed by atoms with Gasteiger partial charge < -0.3 is 4.90 Å². The summed E-state index contributed by atoms with van der Waals surface area (Å²) in [6.45, 7) is 5.28. The minimum Gasteiger partial charge on any atom is -0.302 e. The summed E-state index contributed by atoms with van der Waals surface area (Å²) in [4.78, 5) is 28.5. The molecule has 110 valence electrons. The number of rotatable bonds is 0. The normalized spacial score (nSPS) is 51.4. The van der Waals surface area contributed by atoms with E-state index >= 15 is 0 Å². The molecular weight excluding hydrogens is 250 g/mol. The molecule has 1 unspecified atom stereocenters. The highest BCUT2D eigenvalue weighted by molar-refractivity contribution is 6.00. The first-order valence-corrected chi connectivity index (χ1v) is 8.37. The van der Waals surface area contributed by atoms with Crippen molar-refractivity contribution in [2.75, 3.05) is 19.6 Å². The second-order valence-electron chi connectivity index (χ2n) is 7.83. The summed E-state index contributed by atoms with van der Waals surface area (Å²) in [5.41, 5.74) is -0.574. The van der Waals surface area contributed by atoms with Crippen LogP contribution < -0.4 is 0 Å². The minimum absolute atomic E-state index is 0.272. The fourth-order valence-corrected chi connectivity index (χ4v) is 6.17. The van der Waals surface area contributed by atoms with Gasteiger partial charge in [0.25, 0.3) is 0 Å². The van der Waals surface area contributed by atoms with E-state index in [9.17, 15) is 9.59 Å². The lowest BCUT2D eigenvalue weighted by atomic mass is 9.51. The summed E-state index contributed by atoms with van der Waals surface area (Å²) in [6, 6.07) is 0. The minimum atomic E-state index is -0.302. The molecule has 2 saturated heterocycles. The molecule has 0 radical (unpaired) electrons. The fraction of sp³-hybridized carbons (Fsp3) is 0.882. The number of hydrogen-bond donors (Lipinski definition) is 0. The van der Waals surface area contributed by atoms with Crippen molar-refractivity contribution in [1.29, 1.82) is 0 Å². The zero-order valence-electron chi connectivity index (χ0n) is 12.5. The molecule has 4 rings (SSSR count). The van der Waals surface area contributed by atoms with Gasteiger partial charge in [0.2, 0.25) is 0 Å². The van der Waals surface area contributed by atoms with Gasteiger partial charge in [0.15, 0.2) is 0 Å². The first-order valence-electron chi connectivity index (χ1n) is 8.37. The summed E-state index contributed by atoms with van der Waals surface area (Å²) in [7, 11) is 0. The average molecular weight is 275 g/mol. The smallest absolute Gasteiger partial charge is 0.141 e. The first-order chi connectivity index (χ1) is 9.58. The molecule has 2 spiro atoms. The number of carbonyl (C=O) groups is 2. The van der Waals surface area contributed by atoms with Crippen LogP contribution in [0.2, 0.25) is 0 Å². The van der Waals surface area contributed by atoms with Gasteiger partial charge in [-0.3, -0.25) is 9.59 Å². The summed E-state index contributed by atoms with van der Waals surface area (Å²) < 4.78 is 0. The second kappa shape index (κ2) is 4.16. The Balaban J connectivity index is 1.86. The van der Waals surface area contributed by atoms with E-state index in [1.807, 2.05) is 0 Å². The Hall–Kier alpha value is -0.700. The highest BCUT2D eigenvalue weighted by Crippen LogP contribution is 2.65. The molecule has 2 aliphatic heterocycles. The highest BCUT2D eigenvalue weighted by atomic mass is 16.1. The van der Waals surface area contributed by atoms with Crippen molar-refractivity contribution in [3.05, 3.63) is 0 Å². The Kier molecular flexibility index (Phi) is 2.70. The van der Waals surface area contributed by atoms with Crippen molar-refractivity contribution in [3.63, 3.8) is 0 Å². The Labute approximate surface area is 121 Å². The summed E-state index contributed by atoms with van der Waals surface area (Å²) >= 11 is 0. The van der Waals surface area contributed by atoms with Crippen LogP contribution in [-0.4, -0.2) is 36.1 Å². The Morgan fingerprint density at radius 1 is 1.05 bits per heavy atom. The van der Waals surface area contributed by atoms with E-state index in [4.69, 9.17) is 0 Å². The SMILES string of the molecule is C[C@H]1CC(=O)[C@@]23CCCN4CCC[C@]2(C4)C(=O)C[C@H]3C1. The van der Waals surface area contributed by atoms with E-state index in [0.29, 0.717) is 36.2 Å². The van der Waals surface area contributed by atoms with Crippen LogP contribution in [-0.2, 0) is 9.59 Å². The molecule has 0 amide bonds. The number of ketones is 2. The number of nitrogens with zero attached hydrogens (tertiary/aromatic N) is 1. The number of piperidine rings is 1. The lowest BCUT2D eigenvalue weighted by Crippen LogP contribution is -2.57. The topological polar surface area (TPSA) is 37.4 Å². The van der Waals surface area contributed by atoms with Gasteiger partial charge in [0.1, 0.15) is 11.6 Å². The van der Waals surface area contributed by atoms with Crippen LogP contribution in [0.1, 0.15) is 51.9 Å². The van der Waals surface area contributed by atoms with Crippen LogP contribution >= 0.6 is 0 Å². The zero-order valence-corrected chi connectivity index (χ0v) is 12.5. The Bertz CT molecular complexity index is 474. The van der Waals surface area contributed by atoms with Crippen LogP contribution in [0.25, 0.3) is 0 Å². The first kappa shape index (κ1) is 13.0. The Morgan fingerprint density at radius 2 is 1.80 bits per heavy atom. The van der Waals surface area contributed by atoms with Gasteiger partial charge in [-0.05, 0) is 57.0 Å². The second-order valence-corrected chi connectivity index (χ2v) is 7.83. The maximum Gasteiger partial charge on any atom is 0.141 e. The number of fused-ring (bicyclic) bond motifs is 1. The zero-order chi connectivity index (χ0) is 14.0. The molecule has 2 heterocycles. The van der Waals surface area contributed by atoms with Crippen LogP contribution in [0.5, 0.6) is 0 Å². The van der Waals surface area contributed by atoms with Crippen molar-refractivity contribution in [2.45, 2.75) is 51.9 Å².